The topological polar surface area (TPSA) is 72.7 Å². The Kier molecular flexibility index (Phi) is 3.31. The molecule has 114 valence electrons. The van der Waals surface area contributed by atoms with Gasteiger partial charge in [-0.2, -0.15) is 5.10 Å². The first-order valence-electron chi connectivity index (χ1n) is 7.16. The summed E-state index contributed by atoms with van der Waals surface area (Å²) < 4.78 is 1.71. The number of carbonyl (C=O) groups excluding carboxylic acids is 1. The Morgan fingerprint density at radius 2 is 1.96 bits per heavy atom. The molecule has 0 fully saturated rings. The summed E-state index contributed by atoms with van der Waals surface area (Å²) in [4.78, 5) is 20.7. The number of carbonyl (C=O) groups is 1. The van der Waals surface area contributed by atoms with E-state index in [2.05, 4.69) is 20.4 Å². The van der Waals surface area contributed by atoms with E-state index in [9.17, 15) is 4.79 Å². The molecule has 1 aliphatic rings. The first kappa shape index (κ1) is 13.9. The van der Waals surface area contributed by atoms with Crippen LogP contribution in [0.5, 0.6) is 0 Å². The monoisotopic (exact) mass is 325 g/mol. The molecule has 2 aromatic heterocycles. The van der Waals surface area contributed by atoms with Gasteiger partial charge in [-0.05, 0) is 36.4 Å². The van der Waals surface area contributed by atoms with E-state index in [4.69, 9.17) is 11.6 Å². The smallest absolute Gasteiger partial charge is 0.269 e. The van der Waals surface area contributed by atoms with Gasteiger partial charge in [-0.15, -0.1) is 0 Å². The van der Waals surface area contributed by atoms with Gasteiger partial charge in [0.25, 0.3) is 5.91 Å². The van der Waals surface area contributed by atoms with Crippen molar-refractivity contribution < 1.29 is 4.79 Å². The maximum absolute atomic E-state index is 11.8. The van der Waals surface area contributed by atoms with Gasteiger partial charge in [0.05, 0.1) is 12.2 Å². The zero-order valence-corrected chi connectivity index (χ0v) is 12.8. The largest absolute Gasteiger partial charge is 0.349 e. The molecule has 0 saturated heterocycles. The lowest BCUT2D eigenvalue weighted by Gasteiger charge is -2.13. The summed E-state index contributed by atoms with van der Waals surface area (Å²) in [5, 5.41) is 7.93. The van der Waals surface area contributed by atoms with Crippen LogP contribution in [-0.2, 0) is 6.54 Å². The van der Waals surface area contributed by atoms with E-state index >= 15 is 0 Å². The minimum absolute atomic E-state index is 0.109. The number of nitrogens with zero attached hydrogens (tertiary/aromatic N) is 4. The first-order valence-corrected chi connectivity index (χ1v) is 7.54. The molecule has 3 heterocycles. The quantitative estimate of drug-likeness (QED) is 0.785. The number of fused-ring (bicyclic) bond motifs is 1. The molecule has 6 nitrogen and oxygen atoms in total. The van der Waals surface area contributed by atoms with E-state index in [1.165, 1.54) is 0 Å². The summed E-state index contributed by atoms with van der Waals surface area (Å²) in [5.41, 5.74) is 2.77. The zero-order valence-electron chi connectivity index (χ0n) is 12.0. The molecule has 1 aliphatic heterocycles. The van der Waals surface area contributed by atoms with Gasteiger partial charge >= 0.3 is 0 Å². The number of hydrogen-bond acceptors (Lipinski definition) is 4. The molecule has 0 atom stereocenters. The van der Waals surface area contributed by atoms with Gasteiger partial charge in [0, 0.05) is 23.3 Å². The summed E-state index contributed by atoms with van der Waals surface area (Å²) in [7, 11) is 0. The maximum Gasteiger partial charge on any atom is 0.269 e. The lowest BCUT2D eigenvalue weighted by Crippen LogP contribution is -2.35. The molecule has 1 aromatic carbocycles. The van der Waals surface area contributed by atoms with Crippen LogP contribution in [0.3, 0.4) is 0 Å². The van der Waals surface area contributed by atoms with Gasteiger partial charge in [0.1, 0.15) is 11.4 Å². The molecule has 0 bridgehead atoms. The second kappa shape index (κ2) is 5.48. The maximum atomic E-state index is 11.8. The molecule has 3 aromatic rings. The van der Waals surface area contributed by atoms with Gasteiger partial charge < -0.3 is 5.32 Å². The highest BCUT2D eigenvalue weighted by molar-refractivity contribution is 6.30. The molecule has 0 spiro atoms. The van der Waals surface area contributed by atoms with E-state index in [1.807, 2.05) is 12.1 Å². The van der Waals surface area contributed by atoms with Crippen LogP contribution in [0, 0.1) is 0 Å². The molecule has 4 rings (SSSR count). The Balaban J connectivity index is 1.74. The van der Waals surface area contributed by atoms with Crippen LogP contribution in [0.25, 0.3) is 22.8 Å². The molecule has 1 amide bonds. The Hall–Kier alpha value is -2.73. The van der Waals surface area contributed by atoms with Crippen LogP contribution >= 0.6 is 11.6 Å². The predicted molar refractivity (Wildman–Crippen MR) is 86.0 cm³/mol. The Morgan fingerprint density at radius 1 is 1.13 bits per heavy atom. The van der Waals surface area contributed by atoms with Crippen molar-refractivity contribution in [2.24, 2.45) is 0 Å². The van der Waals surface area contributed by atoms with Gasteiger partial charge in [0.2, 0.25) is 0 Å². The minimum atomic E-state index is -0.109. The van der Waals surface area contributed by atoms with Crippen LogP contribution in [-0.4, -0.2) is 32.2 Å². The molecule has 23 heavy (non-hydrogen) atoms. The lowest BCUT2D eigenvalue weighted by atomic mass is 10.2. The van der Waals surface area contributed by atoms with Crippen molar-refractivity contribution in [1.82, 2.24) is 25.1 Å². The molecule has 0 radical (unpaired) electrons. The number of benzene rings is 1. The highest BCUT2D eigenvalue weighted by Crippen LogP contribution is 2.22. The fourth-order valence-electron chi connectivity index (χ4n) is 2.50. The van der Waals surface area contributed by atoms with Crippen LogP contribution in [0.15, 0.2) is 42.6 Å². The molecular formula is C16H12ClN5O. The predicted octanol–water partition coefficient (Wildman–Crippen LogP) is 2.40. The molecule has 7 heteroatoms. The van der Waals surface area contributed by atoms with Crippen molar-refractivity contribution in [1.29, 1.82) is 0 Å². The summed E-state index contributed by atoms with van der Waals surface area (Å²) >= 11 is 5.91. The summed E-state index contributed by atoms with van der Waals surface area (Å²) in [6, 6.07) is 10.9. The number of amides is 1. The third kappa shape index (κ3) is 2.57. The Bertz CT molecular complexity index is 888. The zero-order chi connectivity index (χ0) is 15.8. The van der Waals surface area contributed by atoms with E-state index < -0.39 is 0 Å². The highest BCUT2D eigenvalue weighted by atomic mass is 35.5. The first-order chi connectivity index (χ1) is 11.2. The van der Waals surface area contributed by atoms with Crippen molar-refractivity contribution in [3.05, 3.63) is 53.3 Å². The number of hydrogen-bond donors (Lipinski definition) is 1. The fraction of sp³-hybridized carbons (Fsp3) is 0.125. The van der Waals surface area contributed by atoms with Crippen molar-refractivity contribution in [3.63, 3.8) is 0 Å². The summed E-state index contributed by atoms with van der Waals surface area (Å²) in [6.45, 7) is 1.25. The van der Waals surface area contributed by atoms with E-state index in [0.29, 0.717) is 41.0 Å². The fourth-order valence-corrected chi connectivity index (χ4v) is 2.63. The van der Waals surface area contributed by atoms with Gasteiger partial charge in [-0.1, -0.05) is 11.6 Å². The summed E-state index contributed by atoms with van der Waals surface area (Å²) in [6.07, 6.45) is 1.69. The Morgan fingerprint density at radius 3 is 2.74 bits per heavy atom. The minimum Gasteiger partial charge on any atom is -0.349 e. The third-order valence-corrected chi connectivity index (χ3v) is 3.89. The average molecular weight is 326 g/mol. The second-order valence-electron chi connectivity index (χ2n) is 5.17. The number of halogens is 1. The van der Waals surface area contributed by atoms with E-state index in [1.54, 1.807) is 35.1 Å². The van der Waals surface area contributed by atoms with Gasteiger partial charge in [-0.25, -0.2) is 9.97 Å². The van der Waals surface area contributed by atoms with Gasteiger partial charge in [-0.3, -0.25) is 9.48 Å². The molecule has 0 saturated carbocycles. The summed E-state index contributed by atoms with van der Waals surface area (Å²) in [5.74, 6) is 0.483. The van der Waals surface area contributed by atoms with Crippen molar-refractivity contribution in [3.8, 4) is 22.8 Å². The standard InChI is InChI=1S/C16H12ClN5O/c17-11-3-1-10(2-4-11)15-18-6-5-12(20-15)13-9-14-16(23)19-7-8-22(14)21-13/h1-6,9H,7-8H2,(H,19,23). The van der Waals surface area contributed by atoms with E-state index in [0.717, 1.165) is 5.56 Å². The highest BCUT2D eigenvalue weighted by Gasteiger charge is 2.20. The van der Waals surface area contributed by atoms with Crippen molar-refractivity contribution >= 4 is 17.5 Å². The number of nitrogens with one attached hydrogen (secondary N) is 1. The normalized spacial score (nSPS) is 13.5. The Labute approximate surface area is 137 Å². The molecule has 1 N–H and O–H groups in total. The number of aromatic nitrogens is 4. The van der Waals surface area contributed by atoms with Crippen molar-refractivity contribution in [2.45, 2.75) is 6.54 Å². The van der Waals surface area contributed by atoms with Crippen LogP contribution in [0.1, 0.15) is 10.5 Å². The van der Waals surface area contributed by atoms with Crippen molar-refractivity contribution in [2.75, 3.05) is 6.54 Å². The van der Waals surface area contributed by atoms with Crippen LogP contribution in [0.2, 0.25) is 5.02 Å². The van der Waals surface area contributed by atoms with Crippen LogP contribution < -0.4 is 5.32 Å². The average Bonchev–Trinajstić information content (AvgIpc) is 3.01. The molecular weight excluding hydrogens is 314 g/mol. The van der Waals surface area contributed by atoms with E-state index in [-0.39, 0.29) is 5.91 Å². The second-order valence-corrected chi connectivity index (χ2v) is 5.60. The lowest BCUT2D eigenvalue weighted by molar-refractivity contribution is 0.0924. The van der Waals surface area contributed by atoms with Gasteiger partial charge in [0.15, 0.2) is 5.82 Å². The molecule has 0 unspecified atom stereocenters. The number of rotatable bonds is 2. The molecule has 0 aliphatic carbocycles. The third-order valence-electron chi connectivity index (χ3n) is 3.64. The SMILES string of the molecule is O=C1NCCn2nc(-c3ccnc(-c4ccc(Cl)cc4)n3)cc21. The van der Waals surface area contributed by atoms with Crippen LogP contribution in [0.4, 0.5) is 0 Å².